The number of nitrogens with zero attached hydrogens (tertiary/aromatic N) is 3. The topological polar surface area (TPSA) is 47.9 Å². The number of aliphatic imine (C=N–C) groups is 1. The van der Waals surface area contributed by atoms with Gasteiger partial charge in [0.1, 0.15) is 6.54 Å². The van der Waals surface area contributed by atoms with Crippen LogP contribution in [0.4, 0.5) is 0 Å². The molecule has 1 heterocycles. The number of rotatable bonds is 4. The first-order valence-corrected chi connectivity index (χ1v) is 8.35. The maximum atomic E-state index is 11.8. The zero-order valence-electron chi connectivity index (χ0n) is 14.3. The number of guanidine groups is 1. The van der Waals surface area contributed by atoms with Crippen molar-refractivity contribution >= 4 is 11.9 Å². The van der Waals surface area contributed by atoms with Crippen LogP contribution in [0.5, 0.6) is 0 Å². The average Bonchev–Trinajstić information content (AvgIpc) is 2.90. The molecular formula is C17H30N4O. The molecule has 1 amide bonds. The number of carbonyl (C=O) groups is 1. The summed E-state index contributed by atoms with van der Waals surface area (Å²) in [6.45, 7) is 9.00. The molecule has 2 fully saturated rings. The molecule has 0 bridgehead atoms. The monoisotopic (exact) mass is 306 g/mol. The van der Waals surface area contributed by atoms with Crippen LogP contribution >= 0.6 is 0 Å². The Morgan fingerprint density at radius 2 is 1.86 bits per heavy atom. The van der Waals surface area contributed by atoms with E-state index < -0.39 is 0 Å². The maximum absolute atomic E-state index is 11.8. The summed E-state index contributed by atoms with van der Waals surface area (Å²) < 4.78 is 0. The van der Waals surface area contributed by atoms with E-state index in [1.54, 1.807) is 19.0 Å². The summed E-state index contributed by atoms with van der Waals surface area (Å²) in [5, 5.41) is 3.37. The summed E-state index contributed by atoms with van der Waals surface area (Å²) in [7, 11) is 3.53. The second-order valence-corrected chi connectivity index (χ2v) is 6.95. The molecule has 1 saturated heterocycles. The predicted molar refractivity (Wildman–Crippen MR) is 90.8 cm³/mol. The van der Waals surface area contributed by atoms with Crippen LogP contribution in [-0.2, 0) is 4.79 Å². The number of likely N-dealkylation sites (tertiary alicyclic amines) is 1. The third-order valence-corrected chi connectivity index (χ3v) is 4.69. The molecule has 0 radical (unpaired) electrons. The maximum Gasteiger partial charge on any atom is 0.243 e. The van der Waals surface area contributed by atoms with Crippen molar-refractivity contribution in [2.45, 2.75) is 32.6 Å². The minimum Gasteiger partial charge on any atom is -0.353 e. The van der Waals surface area contributed by atoms with Gasteiger partial charge >= 0.3 is 0 Å². The lowest BCUT2D eigenvalue weighted by Gasteiger charge is -2.22. The minimum absolute atomic E-state index is 0.0336. The lowest BCUT2D eigenvalue weighted by molar-refractivity contribution is -0.127. The Morgan fingerprint density at radius 1 is 1.27 bits per heavy atom. The second kappa shape index (κ2) is 7.65. The lowest BCUT2D eigenvalue weighted by atomic mass is 9.82. The molecule has 1 saturated carbocycles. The number of carbonyl (C=O) groups excluding carboxylic acids is 1. The first kappa shape index (κ1) is 16.8. The zero-order valence-corrected chi connectivity index (χ0v) is 14.3. The number of likely N-dealkylation sites (N-methyl/N-ethyl adjacent to an activating group) is 1. The summed E-state index contributed by atoms with van der Waals surface area (Å²) in [6.07, 6.45) is 5.40. The molecule has 0 aromatic rings. The summed E-state index contributed by atoms with van der Waals surface area (Å²) in [6, 6.07) is 0. The van der Waals surface area contributed by atoms with Gasteiger partial charge in [0.25, 0.3) is 0 Å². The van der Waals surface area contributed by atoms with Crippen molar-refractivity contribution in [2.24, 2.45) is 16.8 Å². The fraction of sp³-hybridized carbons (Fsp3) is 0.765. The van der Waals surface area contributed by atoms with Crippen molar-refractivity contribution in [1.82, 2.24) is 15.1 Å². The zero-order chi connectivity index (χ0) is 16.1. The van der Waals surface area contributed by atoms with Gasteiger partial charge in [0, 0.05) is 33.7 Å². The van der Waals surface area contributed by atoms with Crippen LogP contribution in [0.25, 0.3) is 0 Å². The molecule has 124 valence electrons. The standard InChI is InChI=1S/C17H30N4O/c1-13(2)9-18-17(19-10-16(22)20(3)4)21-11-14-7-5-6-8-15(14)12-21/h14-15H,1,5-12H2,2-4H3,(H,18,19). The Bertz CT molecular complexity index is 430. The molecule has 0 aromatic heterocycles. The summed E-state index contributed by atoms with van der Waals surface area (Å²) >= 11 is 0. The molecule has 0 aromatic carbocycles. The Balaban J connectivity index is 2.01. The van der Waals surface area contributed by atoms with Crippen LogP contribution in [0, 0.1) is 11.8 Å². The average molecular weight is 306 g/mol. The summed E-state index contributed by atoms with van der Waals surface area (Å²) in [4.78, 5) is 20.3. The van der Waals surface area contributed by atoms with Gasteiger partial charge in [-0.1, -0.05) is 25.0 Å². The van der Waals surface area contributed by atoms with Gasteiger partial charge in [0.2, 0.25) is 5.91 Å². The van der Waals surface area contributed by atoms with Gasteiger partial charge in [-0.15, -0.1) is 0 Å². The number of fused-ring (bicyclic) bond motifs is 1. The van der Waals surface area contributed by atoms with E-state index in [2.05, 4.69) is 21.8 Å². The molecule has 2 rings (SSSR count). The first-order valence-electron chi connectivity index (χ1n) is 8.35. The number of hydrogen-bond donors (Lipinski definition) is 1. The normalized spacial score (nSPS) is 24.9. The molecule has 1 aliphatic carbocycles. The van der Waals surface area contributed by atoms with E-state index in [4.69, 9.17) is 0 Å². The quantitative estimate of drug-likeness (QED) is 0.489. The van der Waals surface area contributed by atoms with Gasteiger partial charge in [0.15, 0.2) is 5.96 Å². The number of amides is 1. The van der Waals surface area contributed by atoms with Crippen molar-refractivity contribution in [3.05, 3.63) is 12.2 Å². The van der Waals surface area contributed by atoms with Crippen molar-refractivity contribution in [3.8, 4) is 0 Å². The lowest BCUT2D eigenvalue weighted by Crippen LogP contribution is -2.41. The molecule has 1 N–H and O–H groups in total. The fourth-order valence-electron chi connectivity index (χ4n) is 3.36. The number of hydrogen-bond acceptors (Lipinski definition) is 2. The van der Waals surface area contributed by atoms with E-state index in [-0.39, 0.29) is 12.5 Å². The molecule has 0 spiro atoms. The molecule has 2 atom stereocenters. The largest absolute Gasteiger partial charge is 0.353 e. The van der Waals surface area contributed by atoms with E-state index >= 15 is 0 Å². The highest BCUT2D eigenvalue weighted by Crippen LogP contribution is 2.35. The van der Waals surface area contributed by atoms with Crippen molar-refractivity contribution in [2.75, 3.05) is 40.3 Å². The van der Waals surface area contributed by atoms with E-state index in [9.17, 15) is 4.79 Å². The van der Waals surface area contributed by atoms with Gasteiger partial charge in [-0.25, -0.2) is 4.99 Å². The van der Waals surface area contributed by atoms with Crippen LogP contribution in [0.1, 0.15) is 32.6 Å². The van der Waals surface area contributed by atoms with E-state index in [1.807, 2.05) is 6.92 Å². The van der Waals surface area contributed by atoms with Gasteiger partial charge in [0.05, 0.1) is 0 Å². The second-order valence-electron chi connectivity index (χ2n) is 6.95. The SMILES string of the molecule is C=C(C)CNC(=NCC(=O)N(C)C)N1CC2CCCCC2C1. The molecule has 5 nitrogen and oxygen atoms in total. The van der Waals surface area contributed by atoms with Crippen molar-refractivity contribution < 1.29 is 4.79 Å². The third-order valence-electron chi connectivity index (χ3n) is 4.69. The molecule has 2 aliphatic rings. The third kappa shape index (κ3) is 4.49. The highest BCUT2D eigenvalue weighted by molar-refractivity contribution is 5.85. The smallest absolute Gasteiger partial charge is 0.243 e. The summed E-state index contributed by atoms with van der Waals surface area (Å²) in [5.41, 5.74) is 1.07. The van der Waals surface area contributed by atoms with Crippen LogP contribution in [-0.4, -0.2) is 61.9 Å². The van der Waals surface area contributed by atoms with Gasteiger partial charge in [-0.2, -0.15) is 0 Å². The van der Waals surface area contributed by atoms with Gasteiger partial charge < -0.3 is 15.1 Å². The van der Waals surface area contributed by atoms with Crippen LogP contribution in [0.3, 0.4) is 0 Å². The molecular weight excluding hydrogens is 276 g/mol. The Hall–Kier alpha value is -1.52. The Kier molecular flexibility index (Phi) is 5.86. The van der Waals surface area contributed by atoms with E-state index in [0.29, 0.717) is 6.54 Å². The molecule has 1 aliphatic heterocycles. The molecule has 22 heavy (non-hydrogen) atoms. The van der Waals surface area contributed by atoms with E-state index in [1.165, 1.54) is 25.7 Å². The van der Waals surface area contributed by atoms with Crippen LogP contribution < -0.4 is 5.32 Å². The van der Waals surface area contributed by atoms with Crippen molar-refractivity contribution in [1.29, 1.82) is 0 Å². The van der Waals surface area contributed by atoms with Gasteiger partial charge in [-0.05, 0) is 31.6 Å². The minimum atomic E-state index is 0.0336. The Morgan fingerprint density at radius 3 is 2.36 bits per heavy atom. The highest BCUT2D eigenvalue weighted by Gasteiger charge is 2.35. The highest BCUT2D eigenvalue weighted by atomic mass is 16.2. The predicted octanol–water partition coefficient (Wildman–Crippen LogP) is 1.72. The fourth-order valence-corrected chi connectivity index (χ4v) is 3.36. The van der Waals surface area contributed by atoms with Crippen LogP contribution in [0.2, 0.25) is 0 Å². The number of nitrogens with one attached hydrogen (secondary N) is 1. The van der Waals surface area contributed by atoms with Gasteiger partial charge in [-0.3, -0.25) is 4.79 Å². The van der Waals surface area contributed by atoms with E-state index in [0.717, 1.165) is 36.5 Å². The van der Waals surface area contributed by atoms with Crippen molar-refractivity contribution in [3.63, 3.8) is 0 Å². The molecule has 5 heteroatoms. The molecule has 2 unspecified atom stereocenters. The Labute approximate surface area is 134 Å². The first-order chi connectivity index (χ1) is 10.5. The summed E-state index contributed by atoms with van der Waals surface area (Å²) in [5.74, 6) is 2.50. The van der Waals surface area contributed by atoms with Crippen LogP contribution in [0.15, 0.2) is 17.1 Å².